The molecule has 0 aromatic carbocycles. The maximum atomic E-state index is 12.3. The molecule has 0 bridgehead atoms. The van der Waals surface area contributed by atoms with E-state index in [1.54, 1.807) is 6.92 Å². The summed E-state index contributed by atoms with van der Waals surface area (Å²) in [5.74, 6) is 0.355. The van der Waals surface area contributed by atoms with Crippen LogP contribution in [-0.4, -0.2) is 41.4 Å². The second-order valence-electron chi connectivity index (χ2n) is 4.50. The lowest BCUT2D eigenvalue weighted by molar-refractivity contribution is 0.293. The van der Waals surface area contributed by atoms with E-state index in [9.17, 15) is 8.42 Å². The van der Waals surface area contributed by atoms with E-state index in [0.717, 1.165) is 6.42 Å². The Morgan fingerprint density at radius 1 is 1.59 bits per heavy atom. The Balaban J connectivity index is 2.26. The minimum absolute atomic E-state index is 0.120. The van der Waals surface area contributed by atoms with Crippen LogP contribution in [0.2, 0.25) is 0 Å². The van der Waals surface area contributed by atoms with Gasteiger partial charge in [0.1, 0.15) is 4.90 Å². The van der Waals surface area contributed by atoms with Crippen LogP contribution in [0.15, 0.2) is 11.1 Å². The molecule has 1 aromatic heterocycles. The summed E-state index contributed by atoms with van der Waals surface area (Å²) in [5.41, 5.74) is 0.565. The molecule has 1 aliphatic heterocycles. The largest absolute Gasteiger partial charge is 0.281 e. The lowest BCUT2D eigenvalue weighted by Gasteiger charge is -2.32. The number of halogens is 1. The Morgan fingerprint density at radius 2 is 2.29 bits per heavy atom. The highest BCUT2D eigenvalue weighted by Crippen LogP contribution is 2.27. The van der Waals surface area contributed by atoms with Gasteiger partial charge < -0.3 is 0 Å². The molecule has 0 spiro atoms. The summed E-state index contributed by atoms with van der Waals surface area (Å²) in [6, 6.07) is 0. The number of alkyl halides is 1. The highest BCUT2D eigenvalue weighted by Gasteiger charge is 2.34. The van der Waals surface area contributed by atoms with Crippen molar-refractivity contribution in [1.29, 1.82) is 0 Å². The Labute approximate surface area is 106 Å². The summed E-state index contributed by atoms with van der Waals surface area (Å²) < 4.78 is 26.1. The average Bonchev–Trinajstić information content (AvgIpc) is 2.69. The molecule has 1 N–H and O–H groups in total. The summed E-state index contributed by atoms with van der Waals surface area (Å²) in [7, 11) is -3.45. The summed E-state index contributed by atoms with van der Waals surface area (Å²) in [4.78, 5) is 0.246. The molecule has 2 atom stereocenters. The van der Waals surface area contributed by atoms with Crippen molar-refractivity contribution in [2.24, 2.45) is 5.92 Å². The van der Waals surface area contributed by atoms with E-state index in [1.807, 2.05) is 6.92 Å². The predicted octanol–water partition coefficient (Wildman–Crippen LogP) is 1.36. The first-order chi connectivity index (χ1) is 7.93. The standard InChI is InChI=1S/C10H16ClN3O2S/c1-7-3-4-14(6-9(7)11)17(15,16)10-5-12-13-8(10)2/h5,7,9H,3-4,6H2,1-2H3,(H,12,13). The second kappa shape index (κ2) is 4.59. The van der Waals surface area contributed by atoms with Crippen LogP contribution >= 0.6 is 11.6 Å². The van der Waals surface area contributed by atoms with Crippen molar-refractivity contribution < 1.29 is 8.42 Å². The number of aromatic amines is 1. The zero-order chi connectivity index (χ0) is 12.6. The van der Waals surface area contributed by atoms with E-state index in [0.29, 0.717) is 24.7 Å². The molecular weight excluding hydrogens is 262 g/mol. The third-order valence-corrected chi connectivity index (χ3v) is 5.78. The maximum Gasteiger partial charge on any atom is 0.246 e. The minimum Gasteiger partial charge on any atom is -0.281 e. The molecule has 2 heterocycles. The van der Waals surface area contributed by atoms with Crippen LogP contribution in [0, 0.1) is 12.8 Å². The van der Waals surface area contributed by atoms with Crippen molar-refractivity contribution in [2.45, 2.75) is 30.5 Å². The Morgan fingerprint density at radius 3 is 2.82 bits per heavy atom. The molecule has 2 rings (SSSR count). The molecule has 0 saturated carbocycles. The van der Waals surface area contributed by atoms with Crippen LogP contribution in [0.1, 0.15) is 19.0 Å². The predicted molar refractivity (Wildman–Crippen MR) is 65.5 cm³/mol. The lowest BCUT2D eigenvalue weighted by atomic mass is 10.0. The molecule has 0 radical (unpaired) electrons. The van der Waals surface area contributed by atoms with Crippen LogP contribution in [0.5, 0.6) is 0 Å². The summed E-state index contributed by atoms with van der Waals surface area (Å²) in [6.07, 6.45) is 2.15. The van der Waals surface area contributed by atoms with Gasteiger partial charge in [0, 0.05) is 18.5 Å². The van der Waals surface area contributed by atoms with Gasteiger partial charge in [0.25, 0.3) is 0 Å². The fraction of sp³-hybridized carbons (Fsp3) is 0.700. The number of piperidine rings is 1. The molecule has 17 heavy (non-hydrogen) atoms. The van der Waals surface area contributed by atoms with E-state index in [-0.39, 0.29) is 10.3 Å². The summed E-state index contributed by atoms with van der Waals surface area (Å²) in [6.45, 7) is 4.64. The van der Waals surface area contributed by atoms with Crippen molar-refractivity contribution in [3.05, 3.63) is 11.9 Å². The van der Waals surface area contributed by atoms with Crippen molar-refractivity contribution >= 4 is 21.6 Å². The van der Waals surface area contributed by atoms with Gasteiger partial charge in [0.15, 0.2) is 0 Å². The molecule has 7 heteroatoms. The number of aromatic nitrogens is 2. The summed E-state index contributed by atoms with van der Waals surface area (Å²) in [5, 5.41) is 6.28. The zero-order valence-electron chi connectivity index (χ0n) is 9.85. The topological polar surface area (TPSA) is 66.1 Å². The highest BCUT2D eigenvalue weighted by atomic mass is 35.5. The number of nitrogens with zero attached hydrogens (tertiary/aromatic N) is 2. The van der Waals surface area contributed by atoms with Gasteiger partial charge in [-0.2, -0.15) is 9.40 Å². The first-order valence-electron chi connectivity index (χ1n) is 5.57. The highest BCUT2D eigenvalue weighted by molar-refractivity contribution is 7.89. The van der Waals surface area contributed by atoms with Crippen molar-refractivity contribution in [2.75, 3.05) is 13.1 Å². The van der Waals surface area contributed by atoms with Crippen LogP contribution in [-0.2, 0) is 10.0 Å². The van der Waals surface area contributed by atoms with E-state index >= 15 is 0 Å². The first-order valence-corrected chi connectivity index (χ1v) is 7.44. The zero-order valence-corrected chi connectivity index (χ0v) is 11.4. The van der Waals surface area contributed by atoms with Gasteiger partial charge in [0.2, 0.25) is 10.0 Å². The molecule has 2 unspecified atom stereocenters. The van der Waals surface area contributed by atoms with Gasteiger partial charge in [-0.1, -0.05) is 6.92 Å². The Hall–Kier alpha value is -0.590. The van der Waals surface area contributed by atoms with Gasteiger partial charge in [-0.25, -0.2) is 8.42 Å². The monoisotopic (exact) mass is 277 g/mol. The van der Waals surface area contributed by atoms with Crippen molar-refractivity contribution in [1.82, 2.24) is 14.5 Å². The normalized spacial score (nSPS) is 27.2. The number of hydrogen-bond acceptors (Lipinski definition) is 3. The molecule has 1 saturated heterocycles. The second-order valence-corrected chi connectivity index (χ2v) is 6.97. The lowest BCUT2D eigenvalue weighted by Crippen LogP contribution is -2.43. The van der Waals surface area contributed by atoms with Gasteiger partial charge in [0.05, 0.1) is 11.9 Å². The number of sulfonamides is 1. The van der Waals surface area contributed by atoms with Crippen molar-refractivity contribution in [3.63, 3.8) is 0 Å². The minimum atomic E-state index is -3.45. The SMILES string of the molecule is Cc1[nH]ncc1S(=O)(=O)N1CCC(C)C(Cl)C1. The third-order valence-electron chi connectivity index (χ3n) is 3.23. The van der Waals surface area contributed by atoms with Gasteiger partial charge in [-0.15, -0.1) is 11.6 Å². The van der Waals surface area contributed by atoms with Gasteiger partial charge in [-0.3, -0.25) is 5.10 Å². The third kappa shape index (κ3) is 2.34. The number of rotatable bonds is 2. The van der Waals surface area contributed by atoms with E-state index < -0.39 is 10.0 Å². The molecule has 0 aliphatic carbocycles. The molecule has 1 aromatic rings. The fourth-order valence-corrected chi connectivity index (χ4v) is 3.93. The molecular formula is C10H16ClN3O2S. The van der Waals surface area contributed by atoms with Gasteiger partial charge in [-0.05, 0) is 19.3 Å². The molecule has 0 amide bonds. The van der Waals surface area contributed by atoms with Crippen LogP contribution in [0.3, 0.4) is 0 Å². The van der Waals surface area contributed by atoms with E-state index in [1.165, 1.54) is 10.5 Å². The number of nitrogens with one attached hydrogen (secondary N) is 1. The Kier molecular flexibility index (Phi) is 3.47. The maximum absolute atomic E-state index is 12.3. The van der Waals surface area contributed by atoms with Crippen LogP contribution in [0.4, 0.5) is 0 Å². The molecule has 96 valence electrons. The number of aryl methyl sites for hydroxylation is 1. The van der Waals surface area contributed by atoms with E-state index in [2.05, 4.69) is 10.2 Å². The number of H-pyrrole nitrogens is 1. The molecule has 5 nitrogen and oxygen atoms in total. The number of hydrogen-bond donors (Lipinski definition) is 1. The quantitative estimate of drug-likeness (QED) is 0.830. The Bertz CT molecular complexity index is 499. The van der Waals surface area contributed by atoms with E-state index in [4.69, 9.17) is 11.6 Å². The van der Waals surface area contributed by atoms with Crippen molar-refractivity contribution in [3.8, 4) is 0 Å². The average molecular weight is 278 g/mol. The van der Waals surface area contributed by atoms with Gasteiger partial charge >= 0.3 is 0 Å². The van der Waals surface area contributed by atoms with Crippen LogP contribution in [0.25, 0.3) is 0 Å². The van der Waals surface area contributed by atoms with Crippen LogP contribution < -0.4 is 0 Å². The fourth-order valence-electron chi connectivity index (χ4n) is 1.95. The first kappa shape index (κ1) is 12.9. The molecule has 1 aliphatic rings. The summed E-state index contributed by atoms with van der Waals surface area (Å²) >= 11 is 6.14. The molecule has 1 fully saturated rings. The smallest absolute Gasteiger partial charge is 0.246 e.